The molecule has 4 rings (SSSR count). The number of hydrogen-bond donors (Lipinski definition) is 1. The summed E-state index contributed by atoms with van der Waals surface area (Å²) in [4.78, 5) is 14.7. The number of aromatic nitrogens is 2. The lowest BCUT2D eigenvalue weighted by Crippen LogP contribution is -2.41. The van der Waals surface area contributed by atoms with Crippen molar-refractivity contribution in [2.24, 2.45) is 11.8 Å². The molecule has 2 aromatic rings. The van der Waals surface area contributed by atoms with Crippen molar-refractivity contribution in [2.75, 3.05) is 57.4 Å². The Balaban J connectivity index is 1.51. The van der Waals surface area contributed by atoms with Crippen LogP contribution in [0.5, 0.6) is 0 Å². The van der Waals surface area contributed by atoms with Crippen molar-refractivity contribution in [1.29, 1.82) is 0 Å². The number of anilines is 1. The van der Waals surface area contributed by atoms with E-state index < -0.39 is 0 Å². The Labute approximate surface area is 139 Å². The van der Waals surface area contributed by atoms with Gasteiger partial charge in [-0.2, -0.15) is 0 Å². The van der Waals surface area contributed by atoms with E-state index in [9.17, 15) is 5.11 Å². The normalized spacial score (nSPS) is 26.2. The van der Waals surface area contributed by atoms with Crippen LogP contribution in [0.2, 0.25) is 0 Å². The van der Waals surface area contributed by atoms with Gasteiger partial charge in [-0.15, -0.1) is 11.3 Å². The second-order valence-corrected chi connectivity index (χ2v) is 7.25. The van der Waals surface area contributed by atoms with Crippen LogP contribution in [-0.2, 0) is 4.74 Å². The molecule has 0 aromatic carbocycles. The number of aliphatic hydroxyl groups is 1. The van der Waals surface area contributed by atoms with Crippen LogP contribution in [0.1, 0.15) is 0 Å². The summed E-state index contributed by atoms with van der Waals surface area (Å²) in [6, 6.07) is 2.10. The number of morpholine rings is 1. The number of rotatable bonds is 4. The molecule has 0 bridgehead atoms. The molecule has 2 atom stereocenters. The van der Waals surface area contributed by atoms with Crippen LogP contribution in [0.25, 0.3) is 10.2 Å². The highest BCUT2D eigenvalue weighted by atomic mass is 32.1. The van der Waals surface area contributed by atoms with Crippen molar-refractivity contribution in [3.63, 3.8) is 0 Å². The van der Waals surface area contributed by atoms with Gasteiger partial charge < -0.3 is 14.7 Å². The van der Waals surface area contributed by atoms with E-state index in [0.29, 0.717) is 11.8 Å². The van der Waals surface area contributed by atoms with Gasteiger partial charge >= 0.3 is 0 Å². The van der Waals surface area contributed by atoms with E-state index in [1.54, 1.807) is 17.7 Å². The molecule has 2 fully saturated rings. The highest BCUT2D eigenvalue weighted by Gasteiger charge is 2.35. The molecule has 0 spiro atoms. The first-order valence-electron chi connectivity index (χ1n) is 8.19. The van der Waals surface area contributed by atoms with E-state index in [0.717, 1.165) is 62.0 Å². The van der Waals surface area contributed by atoms with Crippen molar-refractivity contribution >= 4 is 27.4 Å². The van der Waals surface area contributed by atoms with Gasteiger partial charge in [0, 0.05) is 45.2 Å². The zero-order valence-electron chi connectivity index (χ0n) is 13.1. The van der Waals surface area contributed by atoms with E-state index in [1.165, 1.54) is 0 Å². The van der Waals surface area contributed by atoms with Gasteiger partial charge in [-0.3, -0.25) is 4.90 Å². The smallest absolute Gasteiger partial charge is 0.140 e. The molecule has 0 aliphatic carbocycles. The Bertz CT molecular complexity index is 658. The van der Waals surface area contributed by atoms with Crippen LogP contribution in [0.4, 0.5) is 5.82 Å². The van der Waals surface area contributed by atoms with Crippen LogP contribution in [0, 0.1) is 11.8 Å². The van der Waals surface area contributed by atoms with Crippen LogP contribution in [0.3, 0.4) is 0 Å². The number of nitrogens with zero attached hydrogens (tertiary/aromatic N) is 4. The molecule has 23 heavy (non-hydrogen) atoms. The maximum Gasteiger partial charge on any atom is 0.140 e. The molecule has 4 heterocycles. The van der Waals surface area contributed by atoms with Crippen molar-refractivity contribution in [3.05, 3.63) is 17.8 Å². The van der Waals surface area contributed by atoms with Crippen molar-refractivity contribution < 1.29 is 9.84 Å². The summed E-state index contributed by atoms with van der Waals surface area (Å²) in [7, 11) is 0. The Kier molecular flexibility index (Phi) is 4.43. The largest absolute Gasteiger partial charge is 0.396 e. The van der Waals surface area contributed by atoms with E-state index in [2.05, 4.69) is 31.2 Å². The van der Waals surface area contributed by atoms with Crippen LogP contribution in [0.15, 0.2) is 17.8 Å². The fourth-order valence-electron chi connectivity index (χ4n) is 3.67. The Morgan fingerprint density at radius 3 is 2.87 bits per heavy atom. The molecule has 124 valence electrons. The van der Waals surface area contributed by atoms with Gasteiger partial charge in [0.15, 0.2) is 0 Å². The Hall–Kier alpha value is -1.28. The second-order valence-electron chi connectivity index (χ2n) is 6.36. The molecule has 0 amide bonds. The maximum atomic E-state index is 9.80. The summed E-state index contributed by atoms with van der Waals surface area (Å²) >= 11 is 1.65. The van der Waals surface area contributed by atoms with Gasteiger partial charge in [0.25, 0.3) is 0 Å². The average Bonchev–Trinajstić information content (AvgIpc) is 3.22. The van der Waals surface area contributed by atoms with Crippen LogP contribution in [-0.4, -0.2) is 72.5 Å². The molecule has 1 N–H and O–H groups in total. The fraction of sp³-hybridized carbons (Fsp3) is 0.625. The molecule has 7 heteroatoms. The molecule has 0 saturated carbocycles. The summed E-state index contributed by atoms with van der Waals surface area (Å²) < 4.78 is 5.43. The number of ether oxygens (including phenoxy) is 1. The van der Waals surface area contributed by atoms with Crippen molar-refractivity contribution in [1.82, 2.24) is 14.9 Å². The minimum atomic E-state index is 0.239. The molecule has 0 unspecified atom stereocenters. The monoisotopic (exact) mass is 334 g/mol. The predicted molar refractivity (Wildman–Crippen MR) is 91.0 cm³/mol. The first-order valence-corrected chi connectivity index (χ1v) is 9.07. The zero-order valence-corrected chi connectivity index (χ0v) is 13.9. The third-order valence-electron chi connectivity index (χ3n) is 4.95. The first kappa shape index (κ1) is 15.3. The SMILES string of the molecule is OC[C@@H]1CN(c2ncnc3sccc23)C[C@@H]1CN1CCOCC1. The quantitative estimate of drug-likeness (QED) is 0.902. The van der Waals surface area contributed by atoms with Gasteiger partial charge in [-0.05, 0) is 17.4 Å². The molecule has 2 saturated heterocycles. The van der Waals surface area contributed by atoms with Crippen molar-refractivity contribution in [2.45, 2.75) is 0 Å². The molecular weight excluding hydrogens is 312 g/mol. The van der Waals surface area contributed by atoms with Crippen LogP contribution < -0.4 is 4.90 Å². The lowest BCUT2D eigenvalue weighted by atomic mass is 9.96. The number of aliphatic hydroxyl groups excluding tert-OH is 1. The summed E-state index contributed by atoms with van der Waals surface area (Å²) in [5.41, 5.74) is 0. The number of hydrogen-bond acceptors (Lipinski definition) is 7. The summed E-state index contributed by atoms with van der Waals surface area (Å²) in [6.07, 6.45) is 1.65. The summed E-state index contributed by atoms with van der Waals surface area (Å²) in [6.45, 7) is 6.72. The minimum Gasteiger partial charge on any atom is -0.396 e. The molecular formula is C16H22N4O2S. The van der Waals surface area contributed by atoms with Gasteiger partial charge in [-0.25, -0.2) is 9.97 Å². The van der Waals surface area contributed by atoms with Crippen LogP contribution >= 0.6 is 11.3 Å². The standard InChI is InChI=1S/C16H22N4O2S/c21-10-13-9-20(8-12(13)7-19-2-4-22-5-3-19)15-14-1-6-23-16(14)18-11-17-15/h1,6,11-13,21H,2-5,7-10H2/t12-,13-/m0/s1. The Morgan fingerprint density at radius 2 is 2.04 bits per heavy atom. The summed E-state index contributed by atoms with van der Waals surface area (Å²) in [5.74, 6) is 1.79. The third kappa shape index (κ3) is 3.06. The van der Waals surface area contributed by atoms with Gasteiger partial charge in [-0.1, -0.05) is 0 Å². The molecule has 0 radical (unpaired) electrons. The van der Waals surface area contributed by atoms with Gasteiger partial charge in [0.05, 0.1) is 18.6 Å². The highest BCUT2D eigenvalue weighted by Crippen LogP contribution is 2.33. The Morgan fingerprint density at radius 1 is 1.22 bits per heavy atom. The molecule has 2 aliphatic heterocycles. The van der Waals surface area contributed by atoms with Gasteiger partial charge in [0.2, 0.25) is 0 Å². The lowest BCUT2D eigenvalue weighted by Gasteiger charge is -2.30. The third-order valence-corrected chi connectivity index (χ3v) is 5.77. The highest BCUT2D eigenvalue weighted by molar-refractivity contribution is 7.16. The first-order chi connectivity index (χ1) is 11.3. The maximum absolute atomic E-state index is 9.80. The van der Waals surface area contributed by atoms with E-state index in [4.69, 9.17) is 4.74 Å². The minimum absolute atomic E-state index is 0.239. The fourth-order valence-corrected chi connectivity index (χ4v) is 4.40. The number of thiophene rings is 1. The molecule has 6 nitrogen and oxygen atoms in total. The lowest BCUT2D eigenvalue weighted by molar-refractivity contribution is 0.0268. The van der Waals surface area contributed by atoms with E-state index >= 15 is 0 Å². The van der Waals surface area contributed by atoms with E-state index in [-0.39, 0.29) is 6.61 Å². The topological polar surface area (TPSA) is 61.7 Å². The predicted octanol–water partition coefficient (Wildman–Crippen LogP) is 1.07. The van der Waals surface area contributed by atoms with Gasteiger partial charge in [0.1, 0.15) is 17.0 Å². The molecule has 2 aliphatic rings. The second kappa shape index (κ2) is 6.68. The summed E-state index contributed by atoms with van der Waals surface area (Å²) in [5, 5.41) is 13.0. The number of fused-ring (bicyclic) bond motifs is 1. The van der Waals surface area contributed by atoms with E-state index in [1.807, 2.05) is 0 Å². The van der Waals surface area contributed by atoms with Crippen molar-refractivity contribution in [3.8, 4) is 0 Å². The zero-order chi connectivity index (χ0) is 15.6. The average molecular weight is 334 g/mol. The molecule has 2 aromatic heterocycles.